The molecule has 0 bridgehead atoms. The Morgan fingerprint density at radius 2 is 1.86 bits per heavy atom. The fourth-order valence-electron chi connectivity index (χ4n) is 3.74. The number of nitrogens with one attached hydrogen (secondary N) is 2. The highest BCUT2D eigenvalue weighted by Gasteiger charge is 2.34. The summed E-state index contributed by atoms with van der Waals surface area (Å²) in [6, 6.07) is 8.30. The summed E-state index contributed by atoms with van der Waals surface area (Å²) in [6.45, 7) is 1.15. The van der Waals surface area contributed by atoms with Gasteiger partial charge in [0.05, 0.1) is 4.90 Å². The maximum Gasteiger partial charge on any atom is 0.175 e. The van der Waals surface area contributed by atoms with Crippen LogP contribution in [-0.4, -0.2) is 33.3 Å². The summed E-state index contributed by atoms with van der Waals surface area (Å²) in [5.41, 5.74) is 1.03. The Morgan fingerprint density at radius 1 is 1.10 bits per heavy atom. The molecular weight excluding hydrogens is 284 g/mol. The molecule has 21 heavy (non-hydrogen) atoms. The molecule has 3 rings (SSSR count). The van der Waals surface area contributed by atoms with Gasteiger partial charge in [-0.05, 0) is 62.4 Å². The molecule has 1 aliphatic carbocycles. The molecule has 1 aliphatic heterocycles. The minimum absolute atomic E-state index is 0.383. The molecule has 1 heterocycles. The molecule has 0 aromatic heterocycles. The first-order chi connectivity index (χ1) is 10.0. The quantitative estimate of drug-likeness (QED) is 0.897. The monoisotopic (exact) mass is 308 g/mol. The van der Waals surface area contributed by atoms with Crippen LogP contribution in [0, 0.1) is 5.92 Å². The lowest BCUT2D eigenvalue weighted by Crippen LogP contribution is -2.38. The van der Waals surface area contributed by atoms with Crippen molar-refractivity contribution in [2.45, 2.75) is 49.1 Å². The van der Waals surface area contributed by atoms with Crippen LogP contribution in [0.4, 0.5) is 5.69 Å². The Labute approximate surface area is 127 Å². The van der Waals surface area contributed by atoms with E-state index >= 15 is 0 Å². The molecule has 0 radical (unpaired) electrons. The number of hydrogen-bond acceptors (Lipinski definition) is 4. The van der Waals surface area contributed by atoms with Crippen molar-refractivity contribution in [3.63, 3.8) is 0 Å². The van der Waals surface area contributed by atoms with Crippen molar-refractivity contribution in [2.75, 3.05) is 18.1 Å². The van der Waals surface area contributed by atoms with Gasteiger partial charge in [-0.3, -0.25) is 0 Å². The van der Waals surface area contributed by atoms with Gasteiger partial charge < -0.3 is 10.6 Å². The van der Waals surface area contributed by atoms with Crippen molar-refractivity contribution in [1.29, 1.82) is 0 Å². The molecular formula is C16H24N2O2S. The SMILES string of the molecule is CS(=O)(=O)c1ccc(NC2CCCC2C2CCCN2)cc1. The molecule has 1 aromatic rings. The second-order valence-electron chi connectivity index (χ2n) is 6.34. The first kappa shape index (κ1) is 14.9. The van der Waals surface area contributed by atoms with Gasteiger partial charge in [-0.1, -0.05) is 6.42 Å². The third-order valence-electron chi connectivity index (χ3n) is 4.82. The zero-order valence-corrected chi connectivity index (χ0v) is 13.3. The van der Waals surface area contributed by atoms with E-state index in [1.807, 2.05) is 12.1 Å². The maximum atomic E-state index is 11.5. The van der Waals surface area contributed by atoms with Gasteiger partial charge in [0, 0.05) is 24.0 Å². The number of sulfone groups is 1. The lowest BCUT2D eigenvalue weighted by atomic mass is 9.93. The van der Waals surface area contributed by atoms with Crippen LogP contribution in [0.5, 0.6) is 0 Å². The minimum Gasteiger partial charge on any atom is -0.382 e. The summed E-state index contributed by atoms with van der Waals surface area (Å²) in [7, 11) is -3.11. The maximum absolute atomic E-state index is 11.5. The summed E-state index contributed by atoms with van der Waals surface area (Å²) in [5.74, 6) is 0.696. The van der Waals surface area contributed by atoms with Crippen molar-refractivity contribution < 1.29 is 8.42 Å². The standard InChI is InChI=1S/C16H24N2O2S/c1-21(19,20)13-9-7-12(8-10-13)18-16-5-2-4-14(16)15-6-3-11-17-15/h7-10,14-18H,2-6,11H2,1H3. The van der Waals surface area contributed by atoms with Crippen LogP contribution in [0.3, 0.4) is 0 Å². The predicted octanol–water partition coefficient (Wildman–Crippen LogP) is 2.42. The Balaban J connectivity index is 1.68. The lowest BCUT2D eigenvalue weighted by molar-refractivity contribution is 0.376. The third-order valence-corrected chi connectivity index (χ3v) is 5.95. The summed E-state index contributed by atoms with van der Waals surface area (Å²) < 4.78 is 23.0. The highest BCUT2D eigenvalue weighted by atomic mass is 32.2. The lowest BCUT2D eigenvalue weighted by Gasteiger charge is -2.27. The molecule has 5 heteroatoms. The van der Waals surface area contributed by atoms with Gasteiger partial charge in [0.1, 0.15) is 0 Å². The average molecular weight is 308 g/mol. The fraction of sp³-hybridized carbons (Fsp3) is 0.625. The topological polar surface area (TPSA) is 58.2 Å². The highest BCUT2D eigenvalue weighted by Crippen LogP contribution is 2.34. The van der Waals surface area contributed by atoms with Gasteiger partial charge in [0.15, 0.2) is 9.84 Å². The first-order valence-electron chi connectivity index (χ1n) is 7.84. The minimum atomic E-state index is -3.11. The smallest absolute Gasteiger partial charge is 0.175 e. The van der Waals surface area contributed by atoms with Crippen molar-refractivity contribution >= 4 is 15.5 Å². The van der Waals surface area contributed by atoms with Crippen molar-refractivity contribution in [1.82, 2.24) is 5.32 Å². The van der Waals surface area contributed by atoms with Gasteiger partial charge in [-0.25, -0.2) is 8.42 Å². The van der Waals surface area contributed by atoms with Gasteiger partial charge in [0.2, 0.25) is 0 Å². The van der Waals surface area contributed by atoms with E-state index in [9.17, 15) is 8.42 Å². The van der Waals surface area contributed by atoms with E-state index in [0.29, 0.717) is 22.9 Å². The average Bonchev–Trinajstić information content (AvgIpc) is 3.08. The van der Waals surface area contributed by atoms with E-state index in [1.54, 1.807) is 12.1 Å². The van der Waals surface area contributed by atoms with E-state index in [4.69, 9.17) is 0 Å². The Hall–Kier alpha value is -1.07. The third kappa shape index (κ3) is 3.40. The van der Waals surface area contributed by atoms with Crippen LogP contribution in [0.25, 0.3) is 0 Å². The summed E-state index contributed by atoms with van der Waals surface area (Å²) in [4.78, 5) is 0.383. The van der Waals surface area contributed by atoms with Crippen LogP contribution in [-0.2, 0) is 9.84 Å². The molecule has 0 spiro atoms. The van der Waals surface area contributed by atoms with Gasteiger partial charge in [-0.2, -0.15) is 0 Å². The van der Waals surface area contributed by atoms with E-state index in [-0.39, 0.29) is 0 Å². The molecule has 3 unspecified atom stereocenters. The second kappa shape index (κ2) is 5.97. The number of anilines is 1. The largest absolute Gasteiger partial charge is 0.382 e. The van der Waals surface area contributed by atoms with Crippen LogP contribution < -0.4 is 10.6 Å². The number of benzene rings is 1. The molecule has 2 fully saturated rings. The van der Waals surface area contributed by atoms with E-state index in [2.05, 4.69) is 10.6 Å². The van der Waals surface area contributed by atoms with E-state index in [1.165, 1.54) is 38.4 Å². The Morgan fingerprint density at radius 3 is 2.48 bits per heavy atom. The molecule has 0 amide bonds. The van der Waals surface area contributed by atoms with Crippen LogP contribution >= 0.6 is 0 Å². The zero-order chi connectivity index (χ0) is 14.9. The van der Waals surface area contributed by atoms with Crippen LogP contribution in [0.2, 0.25) is 0 Å². The molecule has 3 atom stereocenters. The van der Waals surface area contributed by atoms with Crippen molar-refractivity contribution in [3.05, 3.63) is 24.3 Å². The molecule has 2 N–H and O–H groups in total. The molecule has 2 aliphatic rings. The highest BCUT2D eigenvalue weighted by molar-refractivity contribution is 7.90. The van der Waals surface area contributed by atoms with Gasteiger partial charge in [-0.15, -0.1) is 0 Å². The summed E-state index contributed by atoms with van der Waals surface area (Å²) in [5, 5.41) is 7.24. The molecule has 116 valence electrons. The van der Waals surface area contributed by atoms with Crippen LogP contribution in [0.15, 0.2) is 29.2 Å². The first-order valence-corrected chi connectivity index (χ1v) is 9.73. The van der Waals surface area contributed by atoms with Gasteiger partial charge in [0.25, 0.3) is 0 Å². The Kier molecular flexibility index (Phi) is 4.22. The number of rotatable bonds is 4. The normalized spacial score (nSPS) is 29.7. The zero-order valence-electron chi connectivity index (χ0n) is 12.5. The second-order valence-corrected chi connectivity index (χ2v) is 8.36. The van der Waals surface area contributed by atoms with Gasteiger partial charge >= 0.3 is 0 Å². The fourth-order valence-corrected chi connectivity index (χ4v) is 4.37. The van der Waals surface area contributed by atoms with E-state index in [0.717, 1.165) is 12.2 Å². The molecule has 1 saturated carbocycles. The van der Waals surface area contributed by atoms with Crippen molar-refractivity contribution in [2.24, 2.45) is 5.92 Å². The van der Waals surface area contributed by atoms with E-state index < -0.39 is 9.84 Å². The Bertz CT molecular complexity index is 577. The predicted molar refractivity (Wildman–Crippen MR) is 85.3 cm³/mol. The van der Waals surface area contributed by atoms with Crippen molar-refractivity contribution in [3.8, 4) is 0 Å². The number of hydrogen-bond donors (Lipinski definition) is 2. The van der Waals surface area contributed by atoms with Crippen LogP contribution in [0.1, 0.15) is 32.1 Å². The molecule has 1 aromatic carbocycles. The molecule has 1 saturated heterocycles. The summed E-state index contributed by atoms with van der Waals surface area (Å²) >= 11 is 0. The molecule has 4 nitrogen and oxygen atoms in total. The summed E-state index contributed by atoms with van der Waals surface area (Å²) in [6.07, 6.45) is 7.59.